The molecule has 3 rings (SSSR count). The molecule has 1 aliphatic rings. The van der Waals surface area contributed by atoms with Gasteiger partial charge in [0.05, 0.1) is 5.75 Å². The first-order chi connectivity index (χ1) is 12.4. The Morgan fingerprint density at radius 3 is 2.35 bits per heavy atom. The van der Waals surface area contributed by atoms with Crippen molar-refractivity contribution in [1.82, 2.24) is 9.21 Å². The second-order valence-corrected chi connectivity index (χ2v) is 9.27. The molecule has 1 heterocycles. The zero-order valence-electron chi connectivity index (χ0n) is 15.0. The zero-order chi connectivity index (χ0) is 18.6. The molecule has 26 heavy (non-hydrogen) atoms. The predicted octanol–water partition coefficient (Wildman–Crippen LogP) is 3.42. The summed E-state index contributed by atoms with van der Waals surface area (Å²) in [5.74, 6) is 0.0287. The van der Waals surface area contributed by atoms with Gasteiger partial charge in [-0.15, -0.1) is 0 Å². The molecule has 0 bridgehead atoms. The lowest BCUT2D eigenvalue weighted by Gasteiger charge is -2.39. The van der Waals surface area contributed by atoms with Crippen LogP contribution in [0, 0.1) is 0 Å². The summed E-state index contributed by atoms with van der Waals surface area (Å²) in [5.41, 5.74) is 2.09. The SMILES string of the molecule is CC1CN(S(=O)(=O)Cc2ccc(Cl)cc2)CCN1CCc1ccccc1. The summed E-state index contributed by atoms with van der Waals surface area (Å²) in [6.45, 7) is 4.93. The van der Waals surface area contributed by atoms with Gasteiger partial charge in [0, 0.05) is 37.2 Å². The van der Waals surface area contributed by atoms with Gasteiger partial charge in [-0.2, -0.15) is 4.31 Å². The highest BCUT2D eigenvalue weighted by molar-refractivity contribution is 7.88. The van der Waals surface area contributed by atoms with Crippen molar-refractivity contribution in [3.63, 3.8) is 0 Å². The zero-order valence-corrected chi connectivity index (χ0v) is 16.6. The summed E-state index contributed by atoms with van der Waals surface area (Å²) >= 11 is 5.88. The summed E-state index contributed by atoms with van der Waals surface area (Å²) in [4.78, 5) is 2.38. The van der Waals surface area contributed by atoms with Gasteiger partial charge in [-0.1, -0.05) is 54.1 Å². The van der Waals surface area contributed by atoms with Crippen LogP contribution in [0.15, 0.2) is 54.6 Å². The van der Waals surface area contributed by atoms with Crippen molar-refractivity contribution < 1.29 is 8.42 Å². The Bertz CT molecular complexity index is 809. The van der Waals surface area contributed by atoms with E-state index in [1.807, 2.05) is 6.07 Å². The fraction of sp³-hybridized carbons (Fsp3) is 0.400. The molecule has 2 aromatic carbocycles. The van der Waals surface area contributed by atoms with E-state index >= 15 is 0 Å². The molecule has 1 fully saturated rings. The smallest absolute Gasteiger partial charge is 0.218 e. The van der Waals surface area contributed by atoms with E-state index in [9.17, 15) is 8.42 Å². The van der Waals surface area contributed by atoms with Gasteiger partial charge >= 0.3 is 0 Å². The lowest BCUT2D eigenvalue weighted by molar-refractivity contribution is 0.130. The molecule has 0 N–H and O–H groups in total. The third-order valence-electron chi connectivity index (χ3n) is 4.91. The summed E-state index contributed by atoms with van der Waals surface area (Å²) in [6, 6.07) is 17.6. The van der Waals surface area contributed by atoms with E-state index in [0.717, 1.165) is 25.1 Å². The van der Waals surface area contributed by atoms with Crippen molar-refractivity contribution >= 4 is 21.6 Å². The Hall–Kier alpha value is -1.40. The second kappa shape index (κ2) is 8.53. The van der Waals surface area contributed by atoms with Crippen molar-refractivity contribution in [1.29, 1.82) is 0 Å². The molecule has 1 aliphatic heterocycles. The quantitative estimate of drug-likeness (QED) is 0.756. The van der Waals surface area contributed by atoms with E-state index < -0.39 is 10.0 Å². The molecule has 140 valence electrons. The molecule has 0 aromatic heterocycles. The normalized spacial score (nSPS) is 19.5. The van der Waals surface area contributed by atoms with E-state index in [0.29, 0.717) is 18.1 Å². The minimum atomic E-state index is -3.31. The van der Waals surface area contributed by atoms with Crippen LogP contribution in [0.5, 0.6) is 0 Å². The average Bonchev–Trinajstić information content (AvgIpc) is 2.63. The maximum Gasteiger partial charge on any atom is 0.218 e. The number of hydrogen-bond acceptors (Lipinski definition) is 3. The lowest BCUT2D eigenvalue weighted by atomic mass is 10.1. The molecule has 0 amide bonds. The van der Waals surface area contributed by atoms with Gasteiger partial charge in [0.1, 0.15) is 0 Å². The van der Waals surface area contributed by atoms with E-state index in [1.165, 1.54) is 5.56 Å². The van der Waals surface area contributed by atoms with Crippen LogP contribution in [0.25, 0.3) is 0 Å². The number of halogens is 1. The van der Waals surface area contributed by atoms with Gasteiger partial charge in [0.25, 0.3) is 0 Å². The third kappa shape index (κ3) is 5.07. The largest absolute Gasteiger partial charge is 0.298 e. The number of benzene rings is 2. The van der Waals surface area contributed by atoms with Crippen molar-refractivity contribution in [2.75, 3.05) is 26.2 Å². The van der Waals surface area contributed by atoms with Gasteiger partial charge in [-0.25, -0.2) is 8.42 Å². The molecule has 1 saturated heterocycles. The highest BCUT2D eigenvalue weighted by Gasteiger charge is 2.30. The fourth-order valence-electron chi connectivity index (χ4n) is 3.35. The van der Waals surface area contributed by atoms with Crippen LogP contribution < -0.4 is 0 Å². The molecule has 0 spiro atoms. The van der Waals surface area contributed by atoms with Crippen molar-refractivity contribution in [3.8, 4) is 0 Å². The minimum Gasteiger partial charge on any atom is -0.298 e. The first kappa shape index (κ1) is 19.4. The molecular formula is C20H25ClN2O2S. The van der Waals surface area contributed by atoms with Crippen molar-refractivity contribution in [3.05, 3.63) is 70.7 Å². The third-order valence-corrected chi connectivity index (χ3v) is 6.98. The Labute approximate surface area is 161 Å². The van der Waals surface area contributed by atoms with E-state index in [4.69, 9.17) is 11.6 Å². The number of nitrogens with zero attached hydrogens (tertiary/aromatic N) is 2. The van der Waals surface area contributed by atoms with E-state index in [-0.39, 0.29) is 11.8 Å². The fourth-order valence-corrected chi connectivity index (χ4v) is 5.07. The maximum absolute atomic E-state index is 12.7. The molecule has 0 radical (unpaired) electrons. The van der Waals surface area contributed by atoms with E-state index in [1.54, 1.807) is 28.6 Å². The number of rotatable bonds is 6. The second-order valence-electron chi connectivity index (χ2n) is 6.86. The van der Waals surface area contributed by atoms with Crippen LogP contribution in [-0.4, -0.2) is 49.8 Å². The molecule has 4 nitrogen and oxygen atoms in total. The van der Waals surface area contributed by atoms with Crippen LogP contribution in [0.3, 0.4) is 0 Å². The van der Waals surface area contributed by atoms with Crippen LogP contribution in [0.4, 0.5) is 0 Å². The van der Waals surface area contributed by atoms with Gasteiger partial charge in [-0.05, 0) is 36.6 Å². The molecule has 0 aliphatic carbocycles. The summed E-state index contributed by atoms with van der Waals surface area (Å²) in [7, 11) is -3.31. The summed E-state index contributed by atoms with van der Waals surface area (Å²) in [6.07, 6.45) is 0.989. The highest BCUT2D eigenvalue weighted by Crippen LogP contribution is 2.18. The molecule has 1 atom stereocenters. The number of hydrogen-bond donors (Lipinski definition) is 0. The first-order valence-corrected chi connectivity index (χ1v) is 10.9. The van der Waals surface area contributed by atoms with E-state index in [2.05, 4.69) is 36.1 Å². The summed E-state index contributed by atoms with van der Waals surface area (Å²) in [5, 5.41) is 0.617. The monoisotopic (exact) mass is 392 g/mol. The number of sulfonamides is 1. The maximum atomic E-state index is 12.7. The first-order valence-electron chi connectivity index (χ1n) is 8.94. The predicted molar refractivity (Wildman–Crippen MR) is 107 cm³/mol. The molecule has 2 aromatic rings. The lowest BCUT2D eigenvalue weighted by Crippen LogP contribution is -2.54. The Kier molecular flexibility index (Phi) is 6.35. The molecule has 6 heteroatoms. The molecule has 0 saturated carbocycles. The van der Waals surface area contributed by atoms with Gasteiger partial charge < -0.3 is 0 Å². The van der Waals surface area contributed by atoms with Crippen molar-refractivity contribution in [2.24, 2.45) is 0 Å². The summed E-state index contributed by atoms with van der Waals surface area (Å²) < 4.78 is 27.1. The van der Waals surface area contributed by atoms with Crippen molar-refractivity contribution in [2.45, 2.75) is 25.1 Å². The Balaban J connectivity index is 1.56. The van der Waals surface area contributed by atoms with Crippen LogP contribution in [-0.2, 0) is 22.2 Å². The Morgan fingerprint density at radius 2 is 1.69 bits per heavy atom. The van der Waals surface area contributed by atoms with Gasteiger partial charge in [0.2, 0.25) is 10.0 Å². The minimum absolute atomic E-state index is 0.0287. The standard InChI is InChI=1S/C20H25ClN2O2S/c1-17-15-23(26(24,25)16-19-7-9-20(21)10-8-19)14-13-22(17)12-11-18-5-3-2-4-6-18/h2-10,17H,11-16H2,1H3. The average molecular weight is 393 g/mol. The number of piperazine rings is 1. The molecule has 1 unspecified atom stereocenters. The topological polar surface area (TPSA) is 40.6 Å². The van der Waals surface area contributed by atoms with Crippen LogP contribution >= 0.6 is 11.6 Å². The van der Waals surface area contributed by atoms with Crippen LogP contribution in [0.2, 0.25) is 5.02 Å². The van der Waals surface area contributed by atoms with Gasteiger partial charge in [0.15, 0.2) is 0 Å². The van der Waals surface area contributed by atoms with Gasteiger partial charge in [-0.3, -0.25) is 4.90 Å². The molecular weight excluding hydrogens is 368 g/mol. The highest BCUT2D eigenvalue weighted by atomic mass is 35.5. The van der Waals surface area contributed by atoms with Crippen LogP contribution in [0.1, 0.15) is 18.1 Å². The Morgan fingerprint density at radius 1 is 1.00 bits per heavy atom.